The Hall–Kier alpha value is -1.36. The quantitative estimate of drug-likeness (QED) is 0.804. The molecule has 0 aliphatic heterocycles. The molecule has 0 N–H and O–H groups in total. The molecule has 0 spiro atoms. The molecule has 3 nitrogen and oxygen atoms in total. The normalized spacial score (nSPS) is 10.5. The highest BCUT2D eigenvalue weighted by Crippen LogP contribution is 2.27. The van der Waals surface area contributed by atoms with E-state index in [9.17, 15) is 4.39 Å². The lowest BCUT2D eigenvalue weighted by molar-refractivity contribution is 0.475. The minimum Gasteiger partial charge on any atom is -0.454 e. The number of benzene rings is 1. The largest absolute Gasteiger partial charge is 0.454 e. The van der Waals surface area contributed by atoms with Crippen LogP contribution in [0.4, 0.5) is 4.39 Å². The summed E-state index contributed by atoms with van der Waals surface area (Å²) in [5.41, 5.74) is 0.772. The standard InChI is InChI=1S/C12H12BrFN2O/c1-2-16-8-11(7-15-16)17-12-4-3-10(14)5-9(12)6-13/h3-5,7-8H,2,6H2,1H3. The van der Waals surface area contributed by atoms with Gasteiger partial charge in [0.05, 0.1) is 12.4 Å². The van der Waals surface area contributed by atoms with E-state index in [2.05, 4.69) is 21.0 Å². The predicted molar refractivity (Wildman–Crippen MR) is 67.0 cm³/mol. The van der Waals surface area contributed by atoms with Gasteiger partial charge >= 0.3 is 0 Å². The number of alkyl halides is 1. The Bertz CT molecular complexity index is 513. The molecule has 1 aromatic carbocycles. The molecule has 0 saturated carbocycles. The molecule has 0 unspecified atom stereocenters. The number of ether oxygens (including phenoxy) is 1. The topological polar surface area (TPSA) is 27.1 Å². The maximum Gasteiger partial charge on any atom is 0.165 e. The second-order valence-corrected chi connectivity index (χ2v) is 4.08. The first kappa shape index (κ1) is 12.1. The fourth-order valence-electron chi connectivity index (χ4n) is 1.45. The zero-order chi connectivity index (χ0) is 12.3. The van der Waals surface area contributed by atoms with Crippen LogP contribution in [0.1, 0.15) is 12.5 Å². The van der Waals surface area contributed by atoms with Crippen LogP contribution in [0.3, 0.4) is 0 Å². The summed E-state index contributed by atoms with van der Waals surface area (Å²) in [6.45, 7) is 2.79. The molecule has 1 aromatic heterocycles. The highest BCUT2D eigenvalue weighted by atomic mass is 79.9. The Kier molecular flexibility index (Phi) is 3.78. The molecule has 0 fully saturated rings. The third-order valence-corrected chi connectivity index (χ3v) is 2.93. The zero-order valence-corrected chi connectivity index (χ0v) is 10.9. The second-order valence-electron chi connectivity index (χ2n) is 3.52. The first-order chi connectivity index (χ1) is 8.22. The summed E-state index contributed by atoms with van der Waals surface area (Å²) < 4.78 is 20.5. The SMILES string of the molecule is CCn1cc(Oc2ccc(F)cc2CBr)cn1. The molecular weight excluding hydrogens is 287 g/mol. The Morgan fingerprint density at radius 1 is 1.47 bits per heavy atom. The number of rotatable bonds is 4. The molecule has 2 aromatic rings. The molecule has 17 heavy (non-hydrogen) atoms. The van der Waals surface area contributed by atoms with Crippen LogP contribution in [0.15, 0.2) is 30.6 Å². The molecule has 0 aliphatic carbocycles. The molecule has 0 aliphatic rings. The zero-order valence-electron chi connectivity index (χ0n) is 9.36. The van der Waals surface area contributed by atoms with Crippen molar-refractivity contribution in [3.05, 3.63) is 42.0 Å². The fourth-order valence-corrected chi connectivity index (χ4v) is 1.89. The third-order valence-electron chi connectivity index (χ3n) is 2.33. The van der Waals surface area contributed by atoms with Gasteiger partial charge in [-0.25, -0.2) is 4.39 Å². The van der Waals surface area contributed by atoms with Gasteiger partial charge in [0.25, 0.3) is 0 Å². The van der Waals surface area contributed by atoms with Gasteiger partial charge < -0.3 is 4.74 Å². The highest BCUT2D eigenvalue weighted by molar-refractivity contribution is 9.08. The van der Waals surface area contributed by atoms with Gasteiger partial charge in [0.2, 0.25) is 0 Å². The Morgan fingerprint density at radius 3 is 2.94 bits per heavy atom. The molecule has 0 bridgehead atoms. The van der Waals surface area contributed by atoms with Crippen LogP contribution in [0.2, 0.25) is 0 Å². The summed E-state index contributed by atoms with van der Waals surface area (Å²) >= 11 is 3.31. The molecule has 1 heterocycles. The van der Waals surface area contributed by atoms with Crippen molar-refractivity contribution in [3.8, 4) is 11.5 Å². The maximum absolute atomic E-state index is 13.0. The highest BCUT2D eigenvalue weighted by Gasteiger charge is 2.07. The molecule has 0 amide bonds. The van der Waals surface area contributed by atoms with E-state index in [1.807, 2.05) is 6.92 Å². The monoisotopic (exact) mass is 298 g/mol. The average molecular weight is 299 g/mol. The van der Waals surface area contributed by atoms with Crippen LogP contribution in [0.5, 0.6) is 11.5 Å². The average Bonchev–Trinajstić information content (AvgIpc) is 2.79. The van der Waals surface area contributed by atoms with Gasteiger partial charge in [0, 0.05) is 17.4 Å². The van der Waals surface area contributed by atoms with Crippen LogP contribution >= 0.6 is 15.9 Å². The summed E-state index contributed by atoms with van der Waals surface area (Å²) in [7, 11) is 0. The first-order valence-corrected chi connectivity index (χ1v) is 6.39. The number of halogens is 2. The van der Waals surface area contributed by atoms with Crippen LogP contribution < -0.4 is 4.74 Å². The van der Waals surface area contributed by atoms with Crippen molar-refractivity contribution in [2.45, 2.75) is 18.8 Å². The summed E-state index contributed by atoms with van der Waals surface area (Å²) in [6.07, 6.45) is 3.45. The van der Waals surface area contributed by atoms with Gasteiger partial charge in [-0.05, 0) is 25.1 Å². The van der Waals surface area contributed by atoms with Gasteiger partial charge in [0.15, 0.2) is 5.75 Å². The van der Waals surface area contributed by atoms with Crippen molar-refractivity contribution < 1.29 is 9.13 Å². The Morgan fingerprint density at radius 2 is 2.29 bits per heavy atom. The van der Waals surface area contributed by atoms with E-state index < -0.39 is 0 Å². The van der Waals surface area contributed by atoms with E-state index in [1.54, 1.807) is 23.1 Å². The predicted octanol–water partition coefficient (Wildman–Crippen LogP) is 3.73. The van der Waals surface area contributed by atoms with Crippen LogP contribution in [-0.4, -0.2) is 9.78 Å². The van der Waals surface area contributed by atoms with Gasteiger partial charge in [0.1, 0.15) is 11.6 Å². The van der Waals surface area contributed by atoms with Gasteiger partial charge in [-0.3, -0.25) is 4.68 Å². The summed E-state index contributed by atoms with van der Waals surface area (Å²) in [5.74, 6) is 1.02. The molecule has 90 valence electrons. The van der Waals surface area contributed by atoms with E-state index in [1.165, 1.54) is 12.1 Å². The number of aryl methyl sites for hydroxylation is 1. The van der Waals surface area contributed by atoms with E-state index in [-0.39, 0.29) is 5.82 Å². The second kappa shape index (κ2) is 5.31. The van der Waals surface area contributed by atoms with Crippen LogP contribution in [0, 0.1) is 5.82 Å². The molecular formula is C12H12BrFN2O. The minimum atomic E-state index is -0.268. The van der Waals surface area contributed by atoms with E-state index in [0.29, 0.717) is 16.8 Å². The van der Waals surface area contributed by atoms with Crippen molar-refractivity contribution >= 4 is 15.9 Å². The van der Waals surface area contributed by atoms with Crippen LogP contribution in [-0.2, 0) is 11.9 Å². The number of aromatic nitrogens is 2. The van der Waals surface area contributed by atoms with E-state index >= 15 is 0 Å². The van der Waals surface area contributed by atoms with Crippen molar-refractivity contribution in [1.82, 2.24) is 9.78 Å². The minimum absolute atomic E-state index is 0.268. The Labute approximate surface area is 107 Å². The fraction of sp³-hybridized carbons (Fsp3) is 0.250. The molecule has 2 rings (SSSR count). The molecule has 0 saturated heterocycles. The van der Waals surface area contributed by atoms with Crippen molar-refractivity contribution in [2.75, 3.05) is 0 Å². The summed E-state index contributed by atoms with van der Waals surface area (Å²) in [4.78, 5) is 0. The smallest absolute Gasteiger partial charge is 0.165 e. The van der Waals surface area contributed by atoms with Gasteiger partial charge in [-0.1, -0.05) is 15.9 Å². The molecule has 5 heteroatoms. The Balaban J connectivity index is 2.23. The van der Waals surface area contributed by atoms with Crippen molar-refractivity contribution in [1.29, 1.82) is 0 Å². The third kappa shape index (κ3) is 2.85. The number of hydrogen-bond donors (Lipinski definition) is 0. The summed E-state index contributed by atoms with van der Waals surface area (Å²) in [6, 6.07) is 4.45. The van der Waals surface area contributed by atoms with Gasteiger partial charge in [-0.15, -0.1) is 0 Å². The van der Waals surface area contributed by atoms with Gasteiger partial charge in [-0.2, -0.15) is 5.10 Å². The van der Waals surface area contributed by atoms with Crippen LogP contribution in [0.25, 0.3) is 0 Å². The lowest BCUT2D eigenvalue weighted by Gasteiger charge is -2.07. The lowest BCUT2D eigenvalue weighted by Crippen LogP contribution is -1.92. The van der Waals surface area contributed by atoms with Crippen molar-refractivity contribution in [2.24, 2.45) is 0 Å². The maximum atomic E-state index is 13.0. The number of nitrogens with zero attached hydrogens (tertiary/aromatic N) is 2. The lowest BCUT2D eigenvalue weighted by atomic mass is 10.2. The van der Waals surface area contributed by atoms with Crippen molar-refractivity contribution in [3.63, 3.8) is 0 Å². The molecule has 0 atom stereocenters. The first-order valence-electron chi connectivity index (χ1n) is 5.27. The van der Waals surface area contributed by atoms with E-state index in [4.69, 9.17) is 4.74 Å². The summed E-state index contributed by atoms with van der Waals surface area (Å²) in [5, 5.41) is 4.65. The number of hydrogen-bond acceptors (Lipinski definition) is 2. The van der Waals surface area contributed by atoms with E-state index in [0.717, 1.165) is 12.1 Å². The molecule has 0 radical (unpaired) electrons.